The van der Waals surface area contributed by atoms with E-state index in [1.807, 2.05) is 12.2 Å². The van der Waals surface area contributed by atoms with Gasteiger partial charge in [0.2, 0.25) is 0 Å². The Morgan fingerprint density at radius 2 is 1.79 bits per heavy atom. The van der Waals surface area contributed by atoms with Gasteiger partial charge < -0.3 is 5.11 Å². The van der Waals surface area contributed by atoms with Crippen LogP contribution in [0.3, 0.4) is 0 Å². The van der Waals surface area contributed by atoms with Crippen LogP contribution in [-0.4, -0.2) is 11.1 Å². The fraction of sp³-hybridized carbons (Fsp3) is 0.588. The van der Waals surface area contributed by atoms with Crippen LogP contribution in [0.1, 0.15) is 64.2 Å². The second-order valence-corrected chi connectivity index (χ2v) is 4.60. The molecule has 106 valence electrons. The zero-order valence-electron chi connectivity index (χ0n) is 11.9. The van der Waals surface area contributed by atoms with Crippen LogP contribution in [0, 0.1) is 11.8 Å². The third-order valence-corrected chi connectivity index (χ3v) is 2.77. The van der Waals surface area contributed by atoms with Crippen molar-refractivity contribution in [1.82, 2.24) is 0 Å². The number of rotatable bonds is 11. The Morgan fingerprint density at radius 1 is 1.05 bits per heavy atom. The molecule has 1 N–H and O–H groups in total. The lowest BCUT2D eigenvalue weighted by Gasteiger charge is -1.95. The van der Waals surface area contributed by atoms with Gasteiger partial charge in [0.05, 0.1) is 0 Å². The smallest absolute Gasteiger partial charge is 0.303 e. The highest BCUT2D eigenvalue weighted by Gasteiger charge is 1.95. The van der Waals surface area contributed by atoms with Crippen molar-refractivity contribution in [2.45, 2.75) is 64.2 Å². The summed E-state index contributed by atoms with van der Waals surface area (Å²) < 4.78 is 0. The van der Waals surface area contributed by atoms with Gasteiger partial charge in [-0.2, -0.15) is 0 Å². The number of hydrogen-bond acceptors (Lipinski definition) is 1. The summed E-state index contributed by atoms with van der Waals surface area (Å²) in [5.41, 5.74) is 0. The topological polar surface area (TPSA) is 37.3 Å². The highest BCUT2D eigenvalue weighted by atomic mass is 16.4. The zero-order chi connectivity index (χ0) is 14.2. The van der Waals surface area contributed by atoms with Gasteiger partial charge in [0.15, 0.2) is 0 Å². The molecule has 0 aromatic carbocycles. The first-order chi connectivity index (χ1) is 9.27. The average Bonchev–Trinajstić information content (AvgIpc) is 2.39. The fourth-order valence-electron chi connectivity index (χ4n) is 1.67. The number of aliphatic carboxylic acids is 1. The molecule has 0 radical (unpaired) electrons. The van der Waals surface area contributed by atoms with Gasteiger partial charge in [-0.1, -0.05) is 36.8 Å². The van der Waals surface area contributed by atoms with Crippen molar-refractivity contribution in [2.24, 2.45) is 0 Å². The van der Waals surface area contributed by atoms with E-state index >= 15 is 0 Å². The highest BCUT2D eigenvalue weighted by molar-refractivity contribution is 5.66. The molecule has 0 atom stereocenters. The van der Waals surface area contributed by atoms with Crippen LogP contribution in [0.5, 0.6) is 0 Å². The summed E-state index contributed by atoms with van der Waals surface area (Å²) in [7, 11) is 0. The number of carbonyl (C=O) groups is 1. The number of hydrogen-bond donors (Lipinski definition) is 1. The number of carboxylic acid groups (broad SMARTS) is 1. The van der Waals surface area contributed by atoms with Crippen molar-refractivity contribution in [3.8, 4) is 11.8 Å². The Labute approximate surface area is 117 Å². The Balaban J connectivity index is 3.27. The van der Waals surface area contributed by atoms with E-state index in [4.69, 9.17) is 5.11 Å². The minimum Gasteiger partial charge on any atom is -0.481 e. The van der Waals surface area contributed by atoms with Crippen molar-refractivity contribution in [1.29, 1.82) is 0 Å². The van der Waals surface area contributed by atoms with E-state index in [0.717, 1.165) is 44.9 Å². The molecule has 0 aliphatic rings. The van der Waals surface area contributed by atoms with Gasteiger partial charge in [-0.25, -0.2) is 0 Å². The maximum atomic E-state index is 10.3. The maximum Gasteiger partial charge on any atom is 0.303 e. The Bertz CT molecular complexity index is 318. The maximum absolute atomic E-state index is 10.3. The summed E-state index contributed by atoms with van der Waals surface area (Å²) in [5, 5.41) is 8.47. The molecule has 0 aromatic heterocycles. The Morgan fingerprint density at radius 3 is 2.53 bits per heavy atom. The lowest BCUT2D eigenvalue weighted by atomic mass is 10.1. The zero-order valence-corrected chi connectivity index (χ0v) is 11.9. The number of carboxylic acids is 1. The molecule has 0 amide bonds. The summed E-state index contributed by atoms with van der Waals surface area (Å²) >= 11 is 0. The molecule has 19 heavy (non-hydrogen) atoms. The van der Waals surface area contributed by atoms with E-state index in [0.29, 0.717) is 6.42 Å². The normalized spacial score (nSPS) is 10.1. The molecule has 0 bridgehead atoms. The summed E-state index contributed by atoms with van der Waals surface area (Å²) in [6.07, 6.45) is 15.8. The second kappa shape index (κ2) is 14.6. The van der Waals surface area contributed by atoms with Crippen molar-refractivity contribution in [3.63, 3.8) is 0 Å². The van der Waals surface area contributed by atoms with Crippen molar-refractivity contribution < 1.29 is 9.90 Å². The van der Waals surface area contributed by atoms with Crippen LogP contribution in [-0.2, 0) is 4.79 Å². The Kier molecular flexibility index (Phi) is 13.4. The van der Waals surface area contributed by atoms with E-state index in [2.05, 4.69) is 24.5 Å². The van der Waals surface area contributed by atoms with Crippen LogP contribution in [0.15, 0.2) is 24.8 Å². The molecule has 2 nitrogen and oxygen atoms in total. The average molecular weight is 262 g/mol. The largest absolute Gasteiger partial charge is 0.481 e. The molecule has 0 fully saturated rings. The summed E-state index contributed by atoms with van der Waals surface area (Å²) in [6, 6.07) is 0. The molecule has 0 aromatic rings. The molecule has 0 saturated carbocycles. The lowest BCUT2D eigenvalue weighted by molar-refractivity contribution is -0.137. The van der Waals surface area contributed by atoms with Crippen LogP contribution in [0.25, 0.3) is 0 Å². The molecular formula is C17H26O2. The van der Waals surface area contributed by atoms with Crippen LogP contribution in [0.2, 0.25) is 0 Å². The highest BCUT2D eigenvalue weighted by Crippen LogP contribution is 2.04. The standard InChI is InChI=1S/C17H26O2/c1-2-3-4-5-6-7-8-9-10-11-12-13-14-15-16-17(18)19/h2,7-8H,1,3-6,11-16H2,(H,18,19). The predicted octanol–water partition coefficient (Wildman–Crippen LogP) is 4.72. The first-order valence-electron chi connectivity index (χ1n) is 7.23. The fourth-order valence-corrected chi connectivity index (χ4v) is 1.67. The summed E-state index contributed by atoms with van der Waals surface area (Å²) in [5.74, 6) is 5.46. The minimum absolute atomic E-state index is 0.292. The molecule has 0 aliphatic carbocycles. The van der Waals surface area contributed by atoms with Crippen LogP contribution < -0.4 is 0 Å². The molecule has 0 saturated heterocycles. The van der Waals surface area contributed by atoms with Gasteiger partial charge in [0, 0.05) is 12.8 Å². The van der Waals surface area contributed by atoms with Crippen molar-refractivity contribution in [2.75, 3.05) is 0 Å². The van der Waals surface area contributed by atoms with Gasteiger partial charge in [-0.15, -0.1) is 6.58 Å². The van der Waals surface area contributed by atoms with Crippen molar-refractivity contribution in [3.05, 3.63) is 24.8 Å². The SMILES string of the molecule is C=CCCCCC=CC#CCCCCCCC(=O)O. The van der Waals surface area contributed by atoms with Gasteiger partial charge in [-0.3, -0.25) is 4.79 Å². The van der Waals surface area contributed by atoms with E-state index in [1.54, 1.807) is 0 Å². The van der Waals surface area contributed by atoms with Gasteiger partial charge >= 0.3 is 5.97 Å². The van der Waals surface area contributed by atoms with E-state index in [9.17, 15) is 4.79 Å². The van der Waals surface area contributed by atoms with Crippen molar-refractivity contribution >= 4 is 5.97 Å². The quantitative estimate of drug-likeness (QED) is 0.332. The minimum atomic E-state index is -0.696. The van der Waals surface area contributed by atoms with Crippen LogP contribution in [0.4, 0.5) is 0 Å². The lowest BCUT2D eigenvalue weighted by Crippen LogP contribution is -1.93. The second-order valence-electron chi connectivity index (χ2n) is 4.60. The molecule has 0 spiro atoms. The van der Waals surface area contributed by atoms with Crippen LogP contribution >= 0.6 is 0 Å². The molecule has 0 aliphatic heterocycles. The molecular weight excluding hydrogens is 236 g/mol. The van der Waals surface area contributed by atoms with Gasteiger partial charge in [0.1, 0.15) is 0 Å². The Hall–Kier alpha value is -1.49. The molecule has 2 heteroatoms. The first kappa shape index (κ1) is 17.5. The molecule has 0 unspecified atom stereocenters. The molecule has 0 rings (SSSR count). The number of unbranched alkanes of at least 4 members (excludes halogenated alkanes) is 7. The summed E-state index contributed by atoms with van der Waals surface area (Å²) in [6.45, 7) is 3.69. The van der Waals surface area contributed by atoms with E-state index in [1.165, 1.54) is 12.8 Å². The predicted molar refractivity (Wildman–Crippen MR) is 80.9 cm³/mol. The van der Waals surface area contributed by atoms with E-state index < -0.39 is 5.97 Å². The number of allylic oxidation sites excluding steroid dienone is 3. The van der Waals surface area contributed by atoms with Gasteiger partial charge in [0.25, 0.3) is 0 Å². The van der Waals surface area contributed by atoms with E-state index in [-0.39, 0.29) is 0 Å². The summed E-state index contributed by atoms with van der Waals surface area (Å²) in [4.78, 5) is 10.3. The third kappa shape index (κ3) is 16.5. The molecule has 0 heterocycles. The third-order valence-electron chi connectivity index (χ3n) is 2.77. The van der Waals surface area contributed by atoms with Gasteiger partial charge in [-0.05, 0) is 44.6 Å². The first-order valence-corrected chi connectivity index (χ1v) is 7.23. The monoisotopic (exact) mass is 262 g/mol.